The molecule has 4 aromatic rings. The molecule has 3 heterocycles. The first-order chi connectivity index (χ1) is 20.6. The van der Waals surface area contributed by atoms with Crippen LogP contribution in [0.15, 0.2) is 30.7 Å². The minimum atomic E-state index is -0.692. The molecule has 13 heteroatoms. The van der Waals surface area contributed by atoms with Crippen LogP contribution in [0.1, 0.15) is 95.4 Å². The van der Waals surface area contributed by atoms with Gasteiger partial charge in [0.2, 0.25) is 0 Å². The number of ether oxygens (including phenoxy) is 3. The topological polar surface area (TPSA) is 150 Å². The van der Waals surface area contributed by atoms with Gasteiger partial charge in [0.25, 0.3) is 5.91 Å². The molecule has 0 radical (unpaired) electrons. The summed E-state index contributed by atoms with van der Waals surface area (Å²) in [7, 11) is 0. The minimum absolute atomic E-state index is 0.168. The van der Waals surface area contributed by atoms with E-state index in [1.54, 1.807) is 58.4 Å². The molecular formula is C31H39ClN6O6. The van der Waals surface area contributed by atoms with Crippen molar-refractivity contribution in [1.29, 1.82) is 0 Å². The second kappa shape index (κ2) is 13.2. The number of halogens is 1. The number of esters is 2. The SMILES string of the molecule is CC(NC(=O)c1c(CC(=O)OC(C)(C)C)nn2cccnc12)c1cc(Cl)c2cn[nH]c2c1OCCCCC(=O)OC(C)(C)C. The summed E-state index contributed by atoms with van der Waals surface area (Å²) in [5, 5.41) is 15.6. The number of carbonyl (C=O) groups is 3. The van der Waals surface area contributed by atoms with E-state index >= 15 is 0 Å². The van der Waals surface area contributed by atoms with Gasteiger partial charge in [-0.3, -0.25) is 19.5 Å². The Kier molecular flexibility index (Phi) is 9.82. The normalized spacial score (nSPS) is 12.7. The highest BCUT2D eigenvalue weighted by atomic mass is 35.5. The zero-order valence-corrected chi connectivity index (χ0v) is 26.9. The van der Waals surface area contributed by atoms with Crippen molar-refractivity contribution in [3.8, 4) is 5.75 Å². The number of unbranched alkanes of at least 4 members (excludes halogenated alkanes) is 1. The lowest BCUT2D eigenvalue weighted by Crippen LogP contribution is -2.29. The number of benzene rings is 1. The third-order valence-corrected chi connectivity index (χ3v) is 6.66. The number of fused-ring (bicyclic) bond motifs is 2. The van der Waals surface area contributed by atoms with Crippen LogP contribution in [0.2, 0.25) is 5.02 Å². The van der Waals surface area contributed by atoms with E-state index in [4.69, 9.17) is 25.8 Å². The van der Waals surface area contributed by atoms with E-state index in [1.807, 2.05) is 20.8 Å². The van der Waals surface area contributed by atoms with Gasteiger partial charge in [-0.05, 0) is 73.4 Å². The second-order valence-corrected chi connectivity index (χ2v) is 12.9. The fourth-order valence-corrected chi connectivity index (χ4v) is 4.89. The third-order valence-electron chi connectivity index (χ3n) is 6.35. The van der Waals surface area contributed by atoms with Crippen LogP contribution in [0.3, 0.4) is 0 Å². The van der Waals surface area contributed by atoms with E-state index in [0.29, 0.717) is 52.3 Å². The quantitative estimate of drug-likeness (QED) is 0.162. The van der Waals surface area contributed by atoms with Crippen molar-refractivity contribution in [1.82, 2.24) is 30.1 Å². The van der Waals surface area contributed by atoms with Crippen molar-refractivity contribution in [2.24, 2.45) is 0 Å². The van der Waals surface area contributed by atoms with E-state index < -0.39 is 29.1 Å². The molecule has 0 saturated heterocycles. The van der Waals surface area contributed by atoms with Gasteiger partial charge in [0.15, 0.2) is 5.65 Å². The van der Waals surface area contributed by atoms with Crippen molar-refractivity contribution >= 4 is 46.0 Å². The minimum Gasteiger partial charge on any atom is -0.491 e. The summed E-state index contributed by atoms with van der Waals surface area (Å²) >= 11 is 6.59. The molecular weight excluding hydrogens is 588 g/mol. The lowest BCUT2D eigenvalue weighted by Gasteiger charge is -2.20. The average molecular weight is 627 g/mol. The molecule has 12 nitrogen and oxygen atoms in total. The van der Waals surface area contributed by atoms with Crippen molar-refractivity contribution in [3.63, 3.8) is 0 Å². The van der Waals surface area contributed by atoms with Crippen molar-refractivity contribution < 1.29 is 28.6 Å². The molecule has 1 unspecified atom stereocenters. The van der Waals surface area contributed by atoms with Crippen LogP contribution < -0.4 is 10.1 Å². The van der Waals surface area contributed by atoms with Crippen LogP contribution in [0.5, 0.6) is 5.75 Å². The fraction of sp³-hybridized carbons (Fsp3) is 0.484. The van der Waals surface area contributed by atoms with Crippen LogP contribution in [0, 0.1) is 0 Å². The molecule has 1 amide bonds. The summed E-state index contributed by atoms with van der Waals surface area (Å²) in [6.45, 7) is 12.9. The molecule has 0 fully saturated rings. The van der Waals surface area contributed by atoms with Gasteiger partial charge in [-0.15, -0.1) is 0 Å². The molecule has 4 rings (SSSR count). The molecule has 1 aromatic carbocycles. The van der Waals surface area contributed by atoms with E-state index in [1.165, 1.54) is 4.52 Å². The zero-order chi connectivity index (χ0) is 32.2. The third kappa shape index (κ3) is 8.25. The predicted molar refractivity (Wildman–Crippen MR) is 165 cm³/mol. The highest BCUT2D eigenvalue weighted by molar-refractivity contribution is 6.35. The molecule has 3 aromatic heterocycles. The number of H-pyrrole nitrogens is 1. The highest BCUT2D eigenvalue weighted by Crippen LogP contribution is 2.37. The van der Waals surface area contributed by atoms with E-state index in [-0.39, 0.29) is 30.1 Å². The Hall–Kier alpha value is -4.19. The Morgan fingerprint density at radius 2 is 1.77 bits per heavy atom. The Labute approximate surface area is 260 Å². The first-order valence-corrected chi connectivity index (χ1v) is 14.9. The number of hydrogen-bond donors (Lipinski definition) is 2. The van der Waals surface area contributed by atoms with Crippen LogP contribution in [-0.4, -0.2) is 60.5 Å². The first-order valence-electron chi connectivity index (χ1n) is 14.5. The Morgan fingerprint density at radius 1 is 1.07 bits per heavy atom. The van der Waals surface area contributed by atoms with E-state index in [0.717, 1.165) is 0 Å². The van der Waals surface area contributed by atoms with Crippen molar-refractivity contribution in [3.05, 3.63) is 52.6 Å². The number of hydrogen-bond acceptors (Lipinski definition) is 9. The first kappa shape index (κ1) is 32.7. The van der Waals surface area contributed by atoms with E-state index in [9.17, 15) is 14.4 Å². The zero-order valence-electron chi connectivity index (χ0n) is 26.1. The van der Waals surface area contributed by atoms with Gasteiger partial charge < -0.3 is 19.5 Å². The van der Waals surface area contributed by atoms with Gasteiger partial charge >= 0.3 is 11.9 Å². The highest BCUT2D eigenvalue weighted by Gasteiger charge is 2.28. The number of carbonyl (C=O) groups excluding carboxylic acids is 3. The average Bonchev–Trinajstić information content (AvgIpc) is 3.52. The number of nitrogens with one attached hydrogen (secondary N) is 2. The lowest BCUT2D eigenvalue weighted by molar-refractivity contribution is -0.155. The number of amides is 1. The number of nitrogens with zero attached hydrogens (tertiary/aromatic N) is 4. The van der Waals surface area contributed by atoms with E-state index in [2.05, 4.69) is 25.6 Å². The second-order valence-electron chi connectivity index (χ2n) is 12.5. The Morgan fingerprint density at radius 3 is 2.48 bits per heavy atom. The molecule has 0 bridgehead atoms. The summed E-state index contributed by atoms with van der Waals surface area (Å²) in [4.78, 5) is 42.8. The molecule has 0 aliphatic carbocycles. The molecule has 236 valence electrons. The van der Waals surface area contributed by atoms with Gasteiger partial charge in [0, 0.05) is 29.8 Å². The van der Waals surface area contributed by atoms with Gasteiger partial charge in [0.1, 0.15) is 28.0 Å². The molecule has 0 aliphatic heterocycles. The smallest absolute Gasteiger partial charge is 0.312 e. The summed E-state index contributed by atoms with van der Waals surface area (Å²) in [6, 6.07) is 2.83. The molecule has 1 atom stereocenters. The fourth-order valence-electron chi connectivity index (χ4n) is 4.63. The molecule has 44 heavy (non-hydrogen) atoms. The van der Waals surface area contributed by atoms with Crippen LogP contribution in [0.4, 0.5) is 0 Å². The number of aromatic amines is 1. The maximum atomic E-state index is 13.8. The van der Waals surface area contributed by atoms with Gasteiger partial charge in [-0.2, -0.15) is 10.2 Å². The van der Waals surface area contributed by atoms with Gasteiger partial charge in [-0.25, -0.2) is 9.50 Å². The Balaban J connectivity index is 1.54. The largest absolute Gasteiger partial charge is 0.491 e. The van der Waals surface area contributed by atoms with Crippen molar-refractivity contribution in [2.75, 3.05) is 6.61 Å². The van der Waals surface area contributed by atoms with Crippen LogP contribution in [0.25, 0.3) is 16.6 Å². The number of aromatic nitrogens is 5. The van der Waals surface area contributed by atoms with Crippen LogP contribution in [-0.2, 0) is 25.5 Å². The Bertz CT molecular complexity index is 1670. The molecule has 0 saturated carbocycles. The maximum absolute atomic E-state index is 13.8. The maximum Gasteiger partial charge on any atom is 0.312 e. The standard InChI is InChI=1S/C31H39ClN6O6/c1-18(35-29(41)25-22(16-24(40)44-31(5,6)7)37-38-13-10-12-33-28(25)38)19-15-21(32)20-17-34-36-26(20)27(19)42-14-9-8-11-23(39)43-30(2,3)4/h10,12-13,15,17-18H,8-9,11,14,16H2,1-7H3,(H,34,36)(H,35,41). The lowest BCUT2D eigenvalue weighted by atomic mass is 10.0. The summed E-state index contributed by atoms with van der Waals surface area (Å²) in [5.41, 5.74) is 0.693. The van der Waals surface area contributed by atoms with Crippen LogP contribution >= 0.6 is 11.6 Å². The number of rotatable bonds is 11. The summed E-state index contributed by atoms with van der Waals surface area (Å²) < 4.78 is 18.5. The molecule has 0 spiro atoms. The summed E-state index contributed by atoms with van der Waals surface area (Å²) in [6.07, 6.45) is 6.06. The summed E-state index contributed by atoms with van der Waals surface area (Å²) in [5.74, 6) is -0.764. The predicted octanol–water partition coefficient (Wildman–Crippen LogP) is 5.53. The van der Waals surface area contributed by atoms with Crippen molar-refractivity contribution in [2.45, 2.75) is 91.4 Å². The molecule has 0 aliphatic rings. The molecule has 2 N–H and O–H groups in total. The monoisotopic (exact) mass is 626 g/mol. The van der Waals surface area contributed by atoms with Gasteiger partial charge in [0.05, 0.1) is 36.0 Å². The van der Waals surface area contributed by atoms with Gasteiger partial charge in [-0.1, -0.05) is 11.6 Å².